The maximum atomic E-state index is 15.1. The standard InChI is InChI=1S/C39H41ClF2N10O4/c1-49(23-7-8-24-29(17-23)51(3)48-31(24)25-9-11-30(53)45-36(25)54)22-12-14-52(15-13-22)38-43-18-27(40)35(47-38)44-21-6-10-28-26(16-21)32-33(37(55)50(28)2)56-19-39(41,42)34(46-32)20-4-5-20/h6-8,10,16-18,20,22,25,34,46H,4-5,9,11-15,19H2,1-3H3,(H,43,44,47)(H,45,53,54)/t25?,34-/m0/s1. The number of nitrogens with zero attached hydrogens (tertiary/aromatic N) is 7. The lowest BCUT2D eigenvalue weighted by Gasteiger charge is -2.38. The fourth-order valence-electron chi connectivity index (χ4n) is 8.39. The third kappa shape index (κ3) is 6.33. The fraction of sp³-hybridized carbons (Fsp3) is 0.436. The number of benzene rings is 2. The zero-order chi connectivity index (χ0) is 39.0. The molecule has 292 valence electrons. The van der Waals surface area contributed by atoms with E-state index in [0.717, 1.165) is 29.4 Å². The number of carbonyl (C=O) groups excluding carboxylic acids is 2. The van der Waals surface area contributed by atoms with Gasteiger partial charge in [0.15, 0.2) is 12.4 Å². The minimum atomic E-state index is -3.14. The Bertz CT molecular complexity index is 2480. The molecular formula is C39H41ClF2N10O4. The normalized spacial score (nSPS) is 21.3. The number of ether oxygens (including phenoxy) is 1. The highest BCUT2D eigenvalue weighted by molar-refractivity contribution is 6.33. The van der Waals surface area contributed by atoms with Crippen molar-refractivity contribution in [2.45, 2.75) is 62.4 Å². The van der Waals surface area contributed by atoms with Gasteiger partial charge >= 0.3 is 5.92 Å². The van der Waals surface area contributed by atoms with E-state index in [9.17, 15) is 14.4 Å². The largest absolute Gasteiger partial charge is 0.480 e. The fourth-order valence-corrected chi connectivity index (χ4v) is 8.53. The Hall–Kier alpha value is -5.51. The molecule has 14 nitrogen and oxygen atoms in total. The van der Waals surface area contributed by atoms with E-state index in [-0.39, 0.29) is 35.2 Å². The molecule has 3 N–H and O–H groups in total. The molecule has 1 aliphatic carbocycles. The second kappa shape index (κ2) is 13.6. The molecule has 1 saturated carbocycles. The lowest BCUT2D eigenvalue weighted by atomic mass is 9.92. The van der Waals surface area contributed by atoms with Crippen LogP contribution in [0.15, 0.2) is 47.4 Å². The van der Waals surface area contributed by atoms with Gasteiger partial charge in [-0.15, -0.1) is 0 Å². The van der Waals surface area contributed by atoms with E-state index in [2.05, 4.69) is 55.0 Å². The summed E-state index contributed by atoms with van der Waals surface area (Å²) in [5.41, 5.74) is 3.58. The van der Waals surface area contributed by atoms with Gasteiger partial charge in [-0.05, 0) is 74.4 Å². The number of alkyl halides is 2. The van der Waals surface area contributed by atoms with Gasteiger partial charge in [0, 0.05) is 68.8 Å². The summed E-state index contributed by atoms with van der Waals surface area (Å²) in [7, 11) is 5.55. The number of carbonyl (C=O) groups is 2. The number of aromatic nitrogens is 5. The Kier molecular flexibility index (Phi) is 8.78. The van der Waals surface area contributed by atoms with Crippen LogP contribution in [0.4, 0.5) is 37.6 Å². The molecule has 5 aromatic rings. The number of hydrogen-bond acceptors (Lipinski definition) is 11. The summed E-state index contributed by atoms with van der Waals surface area (Å²) >= 11 is 6.61. The van der Waals surface area contributed by atoms with Crippen molar-refractivity contribution < 1.29 is 23.1 Å². The Morgan fingerprint density at radius 1 is 1.00 bits per heavy atom. The molecular weight excluding hydrogens is 746 g/mol. The van der Waals surface area contributed by atoms with E-state index < -0.39 is 30.0 Å². The smallest absolute Gasteiger partial charge is 0.301 e. The summed E-state index contributed by atoms with van der Waals surface area (Å²) in [6, 6.07) is 10.6. The second-order valence-electron chi connectivity index (χ2n) is 15.3. The number of hydrogen-bond donors (Lipinski definition) is 3. The average molecular weight is 787 g/mol. The number of halogens is 3. The number of pyridine rings is 1. The summed E-state index contributed by atoms with van der Waals surface area (Å²) in [5, 5.41) is 15.2. The monoisotopic (exact) mass is 786 g/mol. The molecule has 0 spiro atoms. The van der Waals surface area contributed by atoms with Gasteiger partial charge in [-0.1, -0.05) is 11.6 Å². The molecule has 3 aliphatic heterocycles. The predicted molar refractivity (Wildman–Crippen MR) is 210 cm³/mol. The molecule has 6 heterocycles. The van der Waals surface area contributed by atoms with Gasteiger partial charge in [-0.25, -0.2) is 13.8 Å². The molecule has 9 rings (SSSR count). The van der Waals surface area contributed by atoms with Crippen molar-refractivity contribution in [3.8, 4) is 5.75 Å². The van der Waals surface area contributed by atoms with Crippen molar-refractivity contribution >= 4 is 74.0 Å². The number of nitrogens with one attached hydrogen (secondary N) is 3. The van der Waals surface area contributed by atoms with E-state index in [1.165, 1.54) is 4.57 Å². The van der Waals surface area contributed by atoms with Crippen LogP contribution in [0.3, 0.4) is 0 Å². The first-order chi connectivity index (χ1) is 26.9. The zero-order valence-corrected chi connectivity index (χ0v) is 31.9. The van der Waals surface area contributed by atoms with E-state index in [0.29, 0.717) is 77.8 Å². The SMILES string of the molecule is CN(c1ccc2c(C3CCC(=O)NC3=O)nn(C)c2c1)C1CCN(c2ncc(Cl)c(Nc3ccc4c(c3)c3c(c(=O)n4C)OCC(F)(F)[C@H](C4CC4)N3)n2)CC1. The predicted octanol–water partition coefficient (Wildman–Crippen LogP) is 5.46. The van der Waals surface area contributed by atoms with E-state index >= 15 is 8.78 Å². The van der Waals surface area contributed by atoms with E-state index in [1.807, 2.05) is 13.1 Å². The molecule has 2 aromatic carbocycles. The topological polar surface area (TPSA) is 152 Å². The number of piperidine rings is 2. The summed E-state index contributed by atoms with van der Waals surface area (Å²) in [5.74, 6) is -3.54. The Balaban J connectivity index is 0.910. The summed E-state index contributed by atoms with van der Waals surface area (Å²) in [6.07, 6.45) is 5.39. The maximum Gasteiger partial charge on any atom is 0.301 e. The van der Waals surface area contributed by atoms with Gasteiger partial charge in [0.2, 0.25) is 23.5 Å². The highest BCUT2D eigenvalue weighted by Gasteiger charge is 2.51. The van der Waals surface area contributed by atoms with Gasteiger partial charge in [0.05, 0.1) is 40.6 Å². The first-order valence-corrected chi connectivity index (χ1v) is 19.3. The molecule has 56 heavy (non-hydrogen) atoms. The molecule has 3 aromatic heterocycles. The van der Waals surface area contributed by atoms with Crippen LogP contribution in [0.5, 0.6) is 5.75 Å². The Morgan fingerprint density at radius 2 is 1.79 bits per heavy atom. The van der Waals surface area contributed by atoms with Gasteiger partial charge in [0.1, 0.15) is 5.02 Å². The van der Waals surface area contributed by atoms with E-state index in [4.69, 9.17) is 21.3 Å². The van der Waals surface area contributed by atoms with Crippen LogP contribution in [-0.2, 0) is 23.7 Å². The third-order valence-corrected chi connectivity index (χ3v) is 12.0. The van der Waals surface area contributed by atoms with Gasteiger partial charge < -0.3 is 29.7 Å². The van der Waals surface area contributed by atoms with Crippen molar-refractivity contribution in [2.24, 2.45) is 20.0 Å². The van der Waals surface area contributed by atoms with Crippen LogP contribution >= 0.6 is 11.6 Å². The van der Waals surface area contributed by atoms with Crippen LogP contribution in [0.1, 0.15) is 50.1 Å². The second-order valence-corrected chi connectivity index (χ2v) is 15.8. The van der Waals surface area contributed by atoms with Crippen molar-refractivity contribution in [3.05, 3.63) is 63.7 Å². The molecule has 1 unspecified atom stereocenters. The molecule has 2 saturated heterocycles. The summed E-state index contributed by atoms with van der Waals surface area (Å²) < 4.78 is 39.0. The van der Waals surface area contributed by atoms with Crippen molar-refractivity contribution in [2.75, 3.05) is 47.2 Å². The molecule has 0 bridgehead atoms. The summed E-state index contributed by atoms with van der Waals surface area (Å²) in [4.78, 5) is 51.3. The lowest BCUT2D eigenvalue weighted by Crippen LogP contribution is -2.44. The number of aryl methyl sites for hydroxylation is 2. The Morgan fingerprint density at radius 3 is 2.54 bits per heavy atom. The van der Waals surface area contributed by atoms with E-state index in [1.54, 1.807) is 36.1 Å². The number of imide groups is 1. The van der Waals surface area contributed by atoms with Gasteiger partial charge in [0.25, 0.3) is 5.56 Å². The molecule has 2 amide bonds. The third-order valence-electron chi connectivity index (χ3n) is 11.7. The summed E-state index contributed by atoms with van der Waals surface area (Å²) in [6.45, 7) is 0.548. The van der Waals surface area contributed by atoms with Crippen molar-refractivity contribution in [1.82, 2.24) is 29.6 Å². The first kappa shape index (κ1) is 36.1. The quantitative estimate of drug-likeness (QED) is 0.181. The molecule has 2 atom stereocenters. The van der Waals surface area contributed by atoms with Crippen LogP contribution in [0, 0.1) is 5.92 Å². The van der Waals surface area contributed by atoms with Crippen LogP contribution in [-0.4, -0.2) is 80.9 Å². The highest BCUT2D eigenvalue weighted by atomic mass is 35.5. The minimum Gasteiger partial charge on any atom is -0.480 e. The number of amides is 2. The van der Waals surface area contributed by atoms with Crippen molar-refractivity contribution in [3.63, 3.8) is 0 Å². The van der Waals surface area contributed by atoms with Gasteiger partial charge in [-0.3, -0.25) is 24.4 Å². The molecule has 4 aliphatic rings. The lowest BCUT2D eigenvalue weighted by molar-refractivity contribution is -0.134. The van der Waals surface area contributed by atoms with Crippen LogP contribution in [0.2, 0.25) is 5.02 Å². The van der Waals surface area contributed by atoms with Crippen molar-refractivity contribution in [1.29, 1.82) is 0 Å². The molecule has 0 radical (unpaired) electrons. The maximum absolute atomic E-state index is 15.1. The zero-order valence-electron chi connectivity index (χ0n) is 31.1. The Labute approximate surface area is 325 Å². The average Bonchev–Trinajstić information content (AvgIpc) is 3.99. The highest BCUT2D eigenvalue weighted by Crippen LogP contribution is 2.46. The minimum absolute atomic E-state index is 0.118. The number of fused-ring (bicyclic) bond motifs is 4. The number of anilines is 5. The van der Waals surface area contributed by atoms with Gasteiger partial charge in [-0.2, -0.15) is 10.1 Å². The molecule has 3 fully saturated rings. The van der Waals surface area contributed by atoms with Crippen LogP contribution < -0.4 is 36.0 Å². The first-order valence-electron chi connectivity index (χ1n) is 18.9. The van der Waals surface area contributed by atoms with Crippen LogP contribution in [0.25, 0.3) is 21.8 Å². The molecule has 17 heteroatoms. The number of rotatable bonds is 7.